The van der Waals surface area contributed by atoms with Gasteiger partial charge in [0.1, 0.15) is 6.33 Å². The second-order valence-corrected chi connectivity index (χ2v) is 7.32. The van der Waals surface area contributed by atoms with E-state index >= 15 is 0 Å². The SMILES string of the molecule is O=C(c1cnc2ncnn2c1)N1CC[C@]2(Cc3ccccc3CN2)[C@H](O)C1. The van der Waals surface area contributed by atoms with Crippen LogP contribution in [0, 0.1) is 0 Å². The lowest BCUT2D eigenvalue weighted by atomic mass is 9.76. The summed E-state index contributed by atoms with van der Waals surface area (Å²) in [5.41, 5.74) is 2.62. The predicted octanol–water partition coefficient (Wildman–Crippen LogP) is 0.416. The smallest absolute Gasteiger partial charge is 0.257 e. The second kappa shape index (κ2) is 6.11. The monoisotopic (exact) mass is 364 g/mol. The average molecular weight is 364 g/mol. The van der Waals surface area contributed by atoms with Crippen LogP contribution < -0.4 is 5.32 Å². The molecular weight excluding hydrogens is 344 g/mol. The highest BCUT2D eigenvalue weighted by Gasteiger charge is 2.45. The molecule has 4 heterocycles. The number of rotatable bonds is 1. The largest absolute Gasteiger partial charge is 0.389 e. The first-order chi connectivity index (χ1) is 13.1. The van der Waals surface area contributed by atoms with Crippen molar-refractivity contribution in [2.24, 2.45) is 0 Å². The summed E-state index contributed by atoms with van der Waals surface area (Å²) < 4.78 is 1.48. The van der Waals surface area contributed by atoms with Gasteiger partial charge in [-0.1, -0.05) is 24.3 Å². The minimum absolute atomic E-state index is 0.148. The van der Waals surface area contributed by atoms with Gasteiger partial charge in [-0.15, -0.1) is 0 Å². The van der Waals surface area contributed by atoms with Crippen molar-refractivity contribution in [2.45, 2.75) is 31.0 Å². The van der Waals surface area contributed by atoms with Crippen LogP contribution in [0.4, 0.5) is 0 Å². The molecule has 2 N–H and O–H groups in total. The molecule has 2 aliphatic heterocycles. The molecule has 1 saturated heterocycles. The molecule has 0 unspecified atom stereocenters. The normalized spacial score (nSPS) is 24.9. The highest BCUT2D eigenvalue weighted by atomic mass is 16.3. The van der Waals surface area contributed by atoms with E-state index in [4.69, 9.17) is 0 Å². The molecular formula is C19H20N6O2. The molecule has 0 saturated carbocycles. The first-order valence-corrected chi connectivity index (χ1v) is 9.09. The van der Waals surface area contributed by atoms with Crippen molar-refractivity contribution in [1.82, 2.24) is 29.8 Å². The third-order valence-corrected chi connectivity index (χ3v) is 5.78. The van der Waals surface area contributed by atoms with E-state index in [9.17, 15) is 9.90 Å². The molecule has 0 aliphatic carbocycles. The van der Waals surface area contributed by atoms with Crippen LogP contribution in [0.5, 0.6) is 0 Å². The van der Waals surface area contributed by atoms with Crippen LogP contribution in [0.25, 0.3) is 5.78 Å². The summed E-state index contributed by atoms with van der Waals surface area (Å²) in [5.74, 6) is 0.305. The summed E-state index contributed by atoms with van der Waals surface area (Å²) in [4.78, 5) is 22.7. The number of benzene rings is 1. The summed E-state index contributed by atoms with van der Waals surface area (Å²) in [7, 11) is 0. The van der Waals surface area contributed by atoms with Gasteiger partial charge < -0.3 is 15.3 Å². The Labute approximate surface area is 155 Å². The first kappa shape index (κ1) is 16.3. The van der Waals surface area contributed by atoms with Crippen molar-refractivity contribution in [3.8, 4) is 0 Å². The van der Waals surface area contributed by atoms with Gasteiger partial charge in [-0.2, -0.15) is 10.1 Å². The predicted molar refractivity (Wildman–Crippen MR) is 97.0 cm³/mol. The molecule has 2 atom stereocenters. The summed E-state index contributed by atoms with van der Waals surface area (Å²) >= 11 is 0. The Morgan fingerprint density at radius 2 is 2.11 bits per heavy atom. The maximum atomic E-state index is 12.9. The van der Waals surface area contributed by atoms with Crippen molar-refractivity contribution in [1.29, 1.82) is 0 Å². The second-order valence-electron chi connectivity index (χ2n) is 7.32. The summed E-state index contributed by atoms with van der Waals surface area (Å²) in [6.45, 7) is 1.62. The van der Waals surface area contributed by atoms with Gasteiger partial charge in [-0.05, 0) is 24.0 Å². The number of likely N-dealkylation sites (tertiary alicyclic amines) is 1. The summed E-state index contributed by atoms with van der Waals surface area (Å²) in [6.07, 6.45) is 5.39. The number of aliphatic hydroxyl groups excluding tert-OH is 1. The Bertz CT molecular complexity index is 1020. The highest BCUT2D eigenvalue weighted by molar-refractivity contribution is 5.93. The van der Waals surface area contributed by atoms with E-state index in [1.54, 1.807) is 11.1 Å². The van der Waals surface area contributed by atoms with Gasteiger partial charge >= 0.3 is 0 Å². The lowest BCUT2D eigenvalue weighted by molar-refractivity contribution is -0.0138. The number of piperidine rings is 1. The van der Waals surface area contributed by atoms with Crippen LogP contribution in [0.2, 0.25) is 0 Å². The van der Waals surface area contributed by atoms with Crippen LogP contribution in [0.1, 0.15) is 27.9 Å². The number of β-amino-alcohol motifs (C(OH)–C–C–N with tert-alkyl or cyclic N) is 1. The molecule has 1 amide bonds. The summed E-state index contributed by atoms with van der Waals surface area (Å²) in [5, 5.41) is 18.5. The van der Waals surface area contributed by atoms with E-state index in [2.05, 4.69) is 32.5 Å². The van der Waals surface area contributed by atoms with Gasteiger partial charge in [0, 0.05) is 32.0 Å². The fourth-order valence-corrected chi connectivity index (χ4v) is 4.16. The number of aliphatic hydroxyl groups is 1. The van der Waals surface area contributed by atoms with Gasteiger partial charge in [0.25, 0.3) is 11.7 Å². The number of aromatic nitrogens is 4. The maximum absolute atomic E-state index is 12.9. The van der Waals surface area contributed by atoms with Crippen LogP contribution in [-0.4, -0.2) is 60.2 Å². The minimum Gasteiger partial charge on any atom is -0.389 e. The van der Waals surface area contributed by atoms with Gasteiger partial charge in [-0.25, -0.2) is 9.50 Å². The molecule has 0 radical (unpaired) electrons. The Balaban J connectivity index is 1.34. The van der Waals surface area contributed by atoms with Crippen molar-refractivity contribution in [2.75, 3.05) is 13.1 Å². The molecule has 1 spiro atoms. The standard InChI is InChI=1S/C19H20N6O2/c26-16-11-24(17(27)15-8-20-18-21-12-23-25(18)10-15)6-5-19(16)7-13-3-1-2-4-14(13)9-22-19/h1-4,8,10,12,16,22,26H,5-7,9,11H2/t16-,19+/m1/s1. The number of nitrogens with zero attached hydrogens (tertiary/aromatic N) is 5. The summed E-state index contributed by atoms with van der Waals surface area (Å²) in [6, 6.07) is 8.32. The van der Waals surface area contributed by atoms with Gasteiger partial charge in [0.2, 0.25) is 0 Å². The molecule has 0 bridgehead atoms. The fraction of sp³-hybridized carbons (Fsp3) is 0.368. The van der Waals surface area contributed by atoms with Crippen molar-refractivity contribution in [3.63, 3.8) is 0 Å². The Morgan fingerprint density at radius 3 is 2.96 bits per heavy atom. The first-order valence-electron chi connectivity index (χ1n) is 9.09. The lowest BCUT2D eigenvalue weighted by Gasteiger charge is -2.48. The molecule has 1 fully saturated rings. The van der Waals surface area contributed by atoms with E-state index in [0.29, 0.717) is 30.9 Å². The molecule has 27 heavy (non-hydrogen) atoms. The van der Waals surface area contributed by atoms with Crippen molar-refractivity contribution < 1.29 is 9.90 Å². The Hall–Kier alpha value is -2.84. The van der Waals surface area contributed by atoms with Crippen molar-refractivity contribution >= 4 is 11.7 Å². The number of carbonyl (C=O) groups is 1. The minimum atomic E-state index is -0.633. The number of carbonyl (C=O) groups excluding carboxylic acids is 1. The number of hydrogen-bond acceptors (Lipinski definition) is 6. The van der Waals surface area contributed by atoms with E-state index in [1.165, 1.54) is 28.2 Å². The van der Waals surface area contributed by atoms with Gasteiger partial charge in [-0.3, -0.25) is 4.79 Å². The number of nitrogens with one attached hydrogen (secondary N) is 1. The zero-order valence-corrected chi connectivity index (χ0v) is 14.7. The van der Waals surface area contributed by atoms with E-state index in [0.717, 1.165) is 13.0 Å². The molecule has 138 valence electrons. The van der Waals surface area contributed by atoms with E-state index in [1.807, 2.05) is 12.1 Å². The van der Waals surface area contributed by atoms with Crippen molar-refractivity contribution in [3.05, 3.63) is 59.7 Å². The fourth-order valence-electron chi connectivity index (χ4n) is 4.16. The third-order valence-electron chi connectivity index (χ3n) is 5.78. The zero-order chi connectivity index (χ0) is 18.4. The van der Waals surface area contributed by atoms with Gasteiger partial charge in [0.05, 0.1) is 17.2 Å². The molecule has 3 aromatic rings. The van der Waals surface area contributed by atoms with E-state index < -0.39 is 6.10 Å². The number of hydrogen-bond donors (Lipinski definition) is 2. The van der Waals surface area contributed by atoms with Crippen LogP contribution in [-0.2, 0) is 13.0 Å². The highest BCUT2D eigenvalue weighted by Crippen LogP contribution is 2.32. The topological polar surface area (TPSA) is 95.7 Å². The zero-order valence-electron chi connectivity index (χ0n) is 14.7. The number of fused-ring (bicyclic) bond motifs is 2. The maximum Gasteiger partial charge on any atom is 0.257 e. The van der Waals surface area contributed by atoms with Gasteiger partial charge in [0.15, 0.2) is 0 Å². The quantitative estimate of drug-likeness (QED) is 0.650. The lowest BCUT2D eigenvalue weighted by Crippen LogP contribution is -2.65. The Morgan fingerprint density at radius 1 is 1.26 bits per heavy atom. The van der Waals surface area contributed by atoms with Crippen LogP contribution in [0.15, 0.2) is 43.0 Å². The molecule has 5 rings (SSSR count). The molecule has 8 nitrogen and oxygen atoms in total. The number of amides is 1. The molecule has 2 aromatic heterocycles. The van der Waals surface area contributed by atoms with Crippen LogP contribution in [0.3, 0.4) is 0 Å². The van der Waals surface area contributed by atoms with E-state index in [-0.39, 0.29) is 11.4 Å². The molecule has 2 aliphatic rings. The Kier molecular flexibility index (Phi) is 3.70. The molecule has 1 aromatic carbocycles. The average Bonchev–Trinajstić information content (AvgIpc) is 3.17. The van der Waals surface area contributed by atoms with Crippen LogP contribution >= 0.6 is 0 Å². The molecule has 8 heteroatoms. The third kappa shape index (κ3) is 2.68.